The maximum Gasteiger partial charge on any atom is 0.407 e. The summed E-state index contributed by atoms with van der Waals surface area (Å²) >= 11 is 0. The number of hydrogen-bond donors (Lipinski definition) is 2. The standard InChI is InChI=1S/C9H17N2O3/c1-7(12)10-5-6-11-8(13)14-9(2,3)4/h1,5-6H2,2-4H3,(H,10,12)(H,11,13). The lowest BCUT2D eigenvalue weighted by atomic mass is 10.2. The summed E-state index contributed by atoms with van der Waals surface area (Å²) in [5.74, 6) is -0.365. The largest absolute Gasteiger partial charge is 0.444 e. The Kier molecular flexibility index (Phi) is 4.97. The Morgan fingerprint density at radius 1 is 1.21 bits per heavy atom. The zero-order valence-electron chi connectivity index (χ0n) is 8.85. The third-order valence-electron chi connectivity index (χ3n) is 1.12. The molecule has 0 heterocycles. The number of alkyl carbamates (subject to hydrolysis) is 1. The van der Waals surface area contributed by atoms with E-state index >= 15 is 0 Å². The van der Waals surface area contributed by atoms with E-state index in [0.717, 1.165) is 0 Å². The van der Waals surface area contributed by atoms with Gasteiger partial charge in [-0.3, -0.25) is 4.79 Å². The lowest BCUT2D eigenvalue weighted by Gasteiger charge is -2.19. The predicted octanol–water partition coefficient (Wildman–Crippen LogP) is 0.461. The first kappa shape index (κ1) is 12.7. The van der Waals surface area contributed by atoms with E-state index < -0.39 is 11.7 Å². The van der Waals surface area contributed by atoms with Crippen LogP contribution >= 0.6 is 0 Å². The van der Waals surface area contributed by atoms with Gasteiger partial charge < -0.3 is 15.4 Å². The summed E-state index contributed by atoms with van der Waals surface area (Å²) in [6.07, 6.45) is -0.490. The van der Waals surface area contributed by atoms with Gasteiger partial charge in [-0.1, -0.05) is 0 Å². The minimum Gasteiger partial charge on any atom is -0.444 e. The van der Waals surface area contributed by atoms with Gasteiger partial charge in [-0.05, 0) is 20.8 Å². The van der Waals surface area contributed by atoms with E-state index in [1.54, 1.807) is 20.8 Å². The second kappa shape index (κ2) is 5.47. The number of amides is 2. The highest BCUT2D eigenvalue weighted by molar-refractivity contribution is 5.80. The van der Waals surface area contributed by atoms with Gasteiger partial charge in [-0.25, -0.2) is 4.79 Å². The van der Waals surface area contributed by atoms with Crippen LogP contribution in [0.1, 0.15) is 20.8 Å². The summed E-state index contributed by atoms with van der Waals surface area (Å²) in [7, 11) is 0. The number of hydrogen-bond acceptors (Lipinski definition) is 3. The predicted molar refractivity (Wildman–Crippen MR) is 52.6 cm³/mol. The molecule has 0 aromatic rings. The fourth-order valence-corrected chi connectivity index (χ4v) is 0.681. The van der Waals surface area contributed by atoms with Gasteiger partial charge in [-0.15, -0.1) is 0 Å². The molecule has 14 heavy (non-hydrogen) atoms. The Bertz CT molecular complexity index is 209. The second-order valence-electron chi connectivity index (χ2n) is 3.78. The molecule has 0 bridgehead atoms. The molecule has 0 aromatic carbocycles. The van der Waals surface area contributed by atoms with E-state index in [4.69, 9.17) is 4.74 Å². The molecule has 2 N–H and O–H groups in total. The summed E-state index contributed by atoms with van der Waals surface area (Å²) in [6.45, 7) is 9.15. The molecule has 0 aliphatic rings. The third kappa shape index (κ3) is 8.83. The van der Waals surface area contributed by atoms with Crippen molar-refractivity contribution in [3.63, 3.8) is 0 Å². The van der Waals surface area contributed by atoms with Crippen LogP contribution in [0, 0.1) is 6.92 Å². The topological polar surface area (TPSA) is 67.4 Å². The summed E-state index contributed by atoms with van der Waals surface area (Å²) in [4.78, 5) is 21.4. The first-order chi connectivity index (χ1) is 6.31. The minimum atomic E-state index is -0.500. The van der Waals surface area contributed by atoms with Crippen molar-refractivity contribution in [2.45, 2.75) is 26.4 Å². The lowest BCUT2D eigenvalue weighted by molar-refractivity contribution is -0.116. The normalized spacial score (nSPS) is 10.6. The Morgan fingerprint density at radius 3 is 2.14 bits per heavy atom. The average Bonchev–Trinajstić information content (AvgIpc) is 1.94. The van der Waals surface area contributed by atoms with Crippen molar-refractivity contribution in [2.75, 3.05) is 13.1 Å². The molecular formula is C9H17N2O3. The van der Waals surface area contributed by atoms with Crippen molar-refractivity contribution in [3.05, 3.63) is 6.92 Å². The number of rotatable bonds is 3. The molecule has 5 heteroatoms. The highest BCUT2D eigenvalue weighted by atomic mass is 16.6. The fourth-order valence-electron chi connectivity index (χ4n) is 0.681. The van der Waals surface area contributed by atoms with E-state index in [1.807, 2.05) is 0 Å². The molecule has 0 saturated carbocycles. The maximum atomic E-state index is 11.0. The monoisotopic (exact) mass is 201 g/mol. The number of nitrogens with one attached hydrogen (secondary N) is 2. The fraction of sp³-hybridized carbons (Fsp3) is 0.667. The van der Waals surface area contributed by atoms with Crippen LogP contribution in [-0.4, -0.2) is 30.7 Å². The summed E-state index contributed by atoms with van der Waals surface area (Å²) in [5, 5.41) is 4.93. The highest BCUT2D eigenvalue weighted by Crippen LogP contribution is 2.05. The van der Waals surface area contributed by atoms with Crippen molar-refractivity contribution in [1.29, 1.82) is 0 Å². The van der Waals surface area contributed by atoms with Gasteiger partial charge in [-0.2, -0.15) is 0 Å². The molecule has 81 valence electrons. The van der Waals surface area contributed by atoms with Crippen LogP contribution in [0.4, 0.5) is 4.79 Å². The minimum absolute atomic E-state index is 0.330. The Morgan fingerprint density at radius 2 is 1.71 bits per heavy atom. The van der Waals surface area contributed by atoms with Crippen LogP contribution < -0.4 is 10.6 Å². The molecule has 0 rings (SSSR count). The Labute approximate surface area is 84.2 Å². The molecule has 2 amide bonds. The number of ether oxygens (including phenoxy) is 1. The van der Waals surface area contributed by atoms with Crippen LogP contribution in [0.25, 0.3) is 0 Å². The van der Waals surface area contributed by atoms with Gasteiger partial charge in [0, 0.05) is 20.0 Å². The molecule has 0 aliphatic heterocycles. The maximum absolute atomic E-state index is 11.0. The smallest absolute Gasteiger partial charge is 0.407 e. The SMILES string of the molecule is [CH2]C(=O)NCCNC(=O)OC(C)(C)C. The highest BCUT2D eigenvalue weighted by Gasteiger charge is 2.15. The van der Waals surface area contributed by atoms with Crippen LogP contribution in [0.15, 0.2) is 0 Å². The van der Waals surface area contributed by atoms with Crippen molar-refractivity contribution >= 4 is 12.0 Å². The van der Waals surface area contributed by atoms with Gasteiger partial charge in [0.2, 0.25) is 5.91 Å². The van der Waals surface area contributed by atoms with Gasteiger partial charge in [0.1, 0.15) is 5.60 Å². The Balaban J connectivity index is 3.50. The summed E-state index contributed by atoms with van der Waals surface area (Å²) in [5.41, 5.74) is -0.500. The molecule has 5 nitrogen and oxygen atoms in total. The van der Waals surface area contributed by atoms with Gasteiger partial charge >= 0.3 is 6.09 Å². The number of carbonyl (C=O) groups is 2. The van der Waals surface area contributed by atoms with Crippen LogP contribution in [-0.2, 0) is 9.53 Å². The van der Waals surface area contributed by atoms with Gasteiger partial charge in [0.05, 0.1) is 0 Å². The van der Waals surface area contributed by atoms with Crippen molar-refractivity contribution < 1.29 is 14.3 Å². The molecule has 0 fully saturated rings. The first-order valence-corrected chi connectivity index (χ1v) is 4.38. The van der Waals surface area contributed by atoms with E-state index in [9.17, 15) is 9.59 Å². The van der Waals surface area contributed by atoms with Gasteiger partial charge in [0.25, 0.3) is 0 Å². The summed E-state index contributed by atoms with van der Waals surface area (Å²) < 4.78 is 4.97. The van der Waals surface area contributed by atoms with Crippen molar-refractivity contribution in [2.24, 2.45) is 0 Å². The van der Waals surface area contributed by atoms with Crippen molar-refractivity contribution in [3.8, 4) is 0 Å². The molecule has 0 spiro atoms. The molecule has 1 radical (unpaired) electrons. The van der Waals surface area contributed by atoms with E-state index in [1.165, 1.54) is 0 Å². The lowest BCUT2D eigenvalue weighted by Crippen LogP contribution is -2.37. The van der Waals surface area contributed by atoms with Crippen LogP contribution in [0.2, 0.25) is 0 Å². The van der Waals surface area contributed by atoms with Crippen molar-refractivity contribution in [1.82, 2.24) is 10.6 Å². The van der Waals surface area contributed by atoms with E-state index in [2.05, 4.69) is 17.6 Å². The molecular weight excluding hydrogens is 184 g/mol. The summed E-state index contributed by atoms with van der Waals surface area (Å²) in [6, 6.07) is 0. The van der Waals surface area contributed by atoms with E-state index in [-0.39, 0.29) is 5.91 Å². The van der Waals surface area contributed by atoms with Gasteiger partial charge in [0.15, 0.2) is 0 Å². The quantitative estimate of drug-likeness (QED) is 0.652. The molecule has 0 atom stereocenters. The zero-order chi connectivity index (χ0) is 11.2. The second-order valence-corrected chi connectivity index (χ2v) is 3.78. The average molecular weight is 201 g/mol. The zero-order valence-corrected chi connectivity index (χ0v) is 8.85. The third-order valence-corrected chi connectivity index (χ3v) is 1.12. The van der Waals surface area contributed by atoms with Crippen LogP contribution in [0.5, 0.6) is 0 Å². The molecule has 0 saturated heterocycles. The number of carbonyl (C=O) groups excluding carboxylic acids is 2. The molecule has 0 aromatic heterocycles. The van der Waals surface area contributed by atoms with Crippen LogP contribution in [0.3, 0.4) is 0 Å². The molecule has 0 aliphatic carbocycles. The molecule has 0 unspecified atom stereocenters. The first-order valence-electron chi connectivity index (χ1n) is 4.38. The van der Waals surface area contributed by atoms with E-state index in [0.29, 0.717) is 13.1 Å². The Hall–Kier alpha value is -1.26.